The van der Waals surface area contributed by atoms with Gasteiger partial charge >= 0.3 is 5.69 Å². The minimum Gasteiger partial charge on any atom is -0.338 e. The predicted octanol–water partition coefficient (Wildman–Crippen LogP) is 1.63. The molecule has 1 aliphatic rings. The van der Waals surface area contributed by atoms with Gasteiger partial charge in [-0.2, -0.15) is 4.31 Å². The quantitative estimate of drug-likeness (QED) is 0.575. The monoisotopic (exact) mass is 464 g/mol. The van der Waals surface area contributed by atoms with Crippen molar-refractivity contribution in [2.24, 2.45) is 0 Å². The molecular formula is C21H22F2N4O4S. The summed E-state index contributed by atoms with van der Waals surface area (Å²) in [4.78, 5) is 26.3. The molecule has 11 heteroatoms. The number of rotatable bonds is 5. The SMILES string of the molecule is CCn1c(=O)n(CC(=O)N2CCN(S(=O)(=O)c3cc(F)ccc3F)CC2)c2ccccc21. The van der Waals surface area contributed by atoms with Crippen molar-refractivity contribution in [3.8, 4) is 0 Å². The van der Waals surface area contributed by atoms with Crippen LogP contribution in [-0.2, 0) is 27.9 Å². The van der Waals surface area contributed by atoms with E-state index in [1.807, 2.05) is 19.1 Å². The van der Waals surface area contributed by atoms with Gasteiger partial charge < -0.3 is 4.90 Å². The second-order valence-corrected chi connectivity index (χ2v) is 9.37. The number of hydrogen-bond donors (Lipinski definition) is 0. The summed E-state index contributed by atoms with van der Waals surface area (Å²) in [5.41, 5.74) is 1.10. The topological polar surface area (TPSA) is 84.6 Å². The van der Waals surface area contributed by atoms with E-state index in [0.717, 1.165) is 22.0 Å². The third-order valence-electron chi connectivity index (χ3n) is 5.64. The van der Waals surface area contributed by atoms with E-state index in [1.54, 1.807) is 16.7 Å². The first kappa shape index (κ1) is 22.2. The third kappa shape index (κ3) is 3.82. The molecule has 1 fully saturated rings. The number of para-hydroxylation sites is 2. The first-order valence-corrected chi connectivity index (χ1v) is 11.6. The molecule has 3 aromatic rings. The number of carbonyl (C=O) groups is 1. The number of aryl methyl sites for hydroxylation is 1. The maximum Gasteiger partial charge on any atom is 0.329 e. The summed E-state index contributed by atoms with van der Waals surface area (Å²) in [5.74, 6) is -2.20. The van der Waals surface area contributed by atoms with E-state index < -0.39 is 26.6 Å². The number of piperazine rings is 1. The highest BCUT2D eigenvalue weighted by atomic mass is 32.2. The van der Waals surface area contributed by atoms with Gasteiger partial charge in [0.1, 0.15) is 23.1 Å². The molecule has 0 saturated carbocycles. The van der Waals surface area contributed by atoms with Crippen LogP contribution in [0, 0.1) is 11.6 Å². The van der Waals surface area contributed by atoms with Crippen LogP contribution < -0.4 is 5.69 Å². The maximum absolute atomic E-state index is 14.0. The number of halogens is 2. The Morgan fingerprint density at radius 1 is 0.969 bits per heavy atom. The van der Waals surface area contributed by atoms with Crippen molar-refractivity contribution >= 4 is 27.0 Å². The largest absolute Gasteiger partial charge is 0.338 e. The summed E-state index contributed by atoms with van der Waals surface area (Å²) in [6.07, 6.45) is 0. The fourth-order valence-electron chi connectivity index (χ4n) is 3.96. The number of fused-ring (bicyclic) bond motifs is 1. The fourth-order valence-corrected chi connectivity index (χ4v) is 5.46. The molecule has 4 rings (SSSR count). The van der Waals surface area contributed by atoms with E-state index >= 15 is 0 Å². The summed E-state index contributed by atoms with van der Waals surface area (Å²) in [6, 6.07) is 9.47. The Morgan fingerprint density at radius 2 is 1.59 bits per heavy atom. The second-order valence-electron chi connectivity index (χ2n) is 7.46. The third-order valence-corrected chi connectivity index (χ3v) is 7.55. The number of carbonyl (C=O) groups excluding carboxylic acids is 1. The van der Waals surface area contributed by atoms with E-state index in [2.05, 4.69) is 0 Å². The summed E-state index contributed by atoms with van der Waals surface area (Å²) in [6.45, 7) is 2.18. The Labute approximate surface area is 183 Å². The van der Waals surface area contributed by atoms with E-state index in [1.165, 1.54) is 9.47 Å². The Bertz CT molecular complexity index is 1340. The second kappa shape index (κ2) is 8.47. The molecule has 0 N–H and O–H groups in total. The normalized spacial score (nSPS) is 15.4. The van der Waals surface area contributed by atoms with Crippen molar-refractivity contribution in [3.63, 3.8) is 0 Å². The molecule has 2 aromatic carbocycles. The van der Waals surface area contributed by atoms with E-state index in [-0.39, 0.29) is 44.3 Å². The van der Waals surface area contributed by atoms with Crippen molar-refractivity contribution in [2.75, 3.05) is 26.2 Å². The first-order chi connectivity index (χ1) is 15.2. The lowest BCUT2D eigenvalue weighted by Gasteiger charge is -2.34. The lowest BCUT2D eigenvalue weighted by Crippen LogP contribution is -2.51. The van der Waals surface area contributed by atoms with Gasteiger partial charge in [-0.05, 0) is 37.3 Å². The average molecular weight is 464 g/mol. The molecule has 170 valence electrons. The molecule has 0 unspecified atom stereocenters. The van der Waals surface area contributed by atoms with Gasteiger partial charge in [-0.15, -0.1) is 0 Å². The Kier molecular flexibility index (Phi) is 5.87. The highest BCUT2D eigenvalue weighted by molar-refractivity contribution is 7.89. The van der Waals surface area contributed by atoms with Crippen LogP contribution in [0.5, 0.6) is 0 Å². The molecule has 32 heavy (non-hydrogen) atoms. The molecule has 8 nitrogen and oxygen atoms in total. The van der Waals surface area contributed by atoms with Gasteiger partial charge in [0.2, 0.25) is 15.9 Å². The van der Waals surface area contributed by atoms with Gasteiger partial charge in [-0.3, -0.25) is 13.9 Å². The molecule has 1 amide bonds. The number of hydrogen-bond acceptors (Lipinski definition) is 4. The molecule has 0 atom stereocenters. The Hall–Kier alpha value is -3.05. The maximum atomic E-state index is 14.0. The Morgan fingerprint density at radius 3 is 2.22 bits per heavy atom. The molecular weight excluding hydrogens is 442 g/mol. The average Bonchev–Trinajstić information content (AvgIpc) is 3.06. The van der Waals surface area contributed by atoms with Crippen molar-refractivity contribution in [1.82, 2.24) is 18.3 Å². The van der Waals surface area contributed by atoms with Crippen LogP contribution in [0.15, 0.2) is 52.2 Å². The molecule has 0 spiro atoms. The Balaban J connectivity index is 1.49. The highest BCUT2D eigenvalue weighted by Crippen LogP contribution is 2.22. The van der Waals surface area contributed by atoms with Gasteiger partial charge in [-0.1, -0.05) is 12.1 Å². The summed E-state index contributed by atoms with van der Waals surface area (Å²) in [7, 11) is -4.24. The predicted molar refractivity (Wildman–Crippen MR) is 114 cm³/mol. The summed E-state index contributed by atoms with van der Waals surface area (Å²) in [5, 5.41) is 0. The van der Waals surface area contributed by atoms with Crippen LogP contribution in [0.4, 0.5) is 8.78 Å². The lowest BCUT2D eigenvalue weighted by atomic mass is 10.3. The van der Waals surface area contributed by atoms with Gasteiger partial charge in [-0.25, -0.2) is 22.0 Å². The van der Waals surface area contributed by atoms with E-state index in [0.29, 0.717) is 18.1 Å². The zero-order chi connectivity index (χ0) is 23.0. The van der Waals surface area contributed by atoms with Gasteiger partial charge in [0, 0.05) is 32.7 Å². The summed E-state index contributed by atoms with van der Waals surface area (Å²) < 4.78 is 56.9. The zero-order valence-electron chi connectivity index (χ0n) is 17.4. The van der Waals surface area contributed by atoms with Crippen LogP contribution in [0.2, 0.25) is 0 Å². The zero-order valence-corrected chi connectivity index (χ0v) is 18.2. The minimum atomic E-state index is -4.24. The van der Waals surface area contributed by atoms with Crippen LogP contribution in [0.25, 0.3) is 11.0 Å². The van der Waals surface area contributed by atoms with Gasteiger partial charge in [0.05, 0.1) is 11.0 Å². The number of aromatic nitrogens is 2. The number of sulfonamides is 1. The molecule has 2 heterocycles. The van der Waals surface area contributed by atoms with Gasteiger partial charge in [0.15, 0.2) is 0 Å². The van der Waals surface area contributed by atoms with Crippen LogP contribution in [0.1, 0.15) is 6.92 Å². The standard InChI is InChI=1S/C21H22F2N4O4S/c1-2-26-17-5-3-4-6-18(17)27(21(26)29)14-20(28)24-9-11-25(12-10-24)32(30,31)19-13-15(22)7-8-16(19)23/h3-8,13H,2,9-12,14H2,1H3. The molecule has 0 radical (unpaired) electrons. The van der Waals surface area contributed by atoms with Crippen molar-refractivity contribution in [2.45, 2.75) is 24.9 Å². The fraction of sp³-hybridized carbons (Fsp3) is 0.333. The van der Waals surface area contributed by atoms with Crippen LogP contribution in [-0.4, -0.2) is 58.8 Å². The summed E-state index contributed by atoms with van der Waals surface area (Å²) >= 11 is 0. The molecule has 1 aromatic heterocycles. The van der Waals surface area contributed by atoms with E-state index in [4.69, 9.17) is 0 Å². The van der Waals surface area contributed by atoms with E-state index in [9.17, 15) is 26.8 Å². The molecule has 0 bridgehead atoms. The van der Waals surface area contributed by atoms with Gasteiger partial charge in [0.25, 0.3) is 0 Å². The number of nitrogens with zero attached hydrogens (tertiary/aromatic N) is 4. The van der Waals surface area contributed by atoms with Crippen LogP contribution in [0.3, 0.4) is 0 Å². The molecule has 1 saturated heterocycles. The first-order valence-electron chi connectivity index (χ1n) is 10.1. The highest BCUT2D eigenvalue weighted by Gasteiger charge is 2.32. The number of amides is 1. The smallest absolute Gasteiger partial charge is 0.329 e. The number of benzene rings is 2. The number of imidazole rings is 1. The van der Waals surface area contributed by atoms with Crippen molar-refractivity contribution in [3.05, 3.63) is 64.6 Å². The minimum absolute atomic E-state index is 0.0599. The molecule has 0 aliphatic carbocycles. The molecule has 1 aliphatic heterocycles. The van der Waals surface area contributed by atoms with Crippen molar-refractivity contribution in [1.29, 1.82) is 0 Å². The van der Waals surface area contributed by atoms with Crippen LogP contribution >= 0.6 is 0 Å². The lowest BCUT2D eigenvalue weighted by molar-refractivity contribution is -0.133. The van der Waals surface area contributed by atoms with Crippen molar-refractivity contribution < 1.29 is 22.0 Å².